The Bertz CT molecular complexity index is 1390. The van der Waals surface area contributed by atoms with Gasteiger partial charge in [-0.15, -0.1) is 0 Å². The fraction of sp³-hybridized carbons (Fsp3) is 0.290. The highest BCUT2D eigenvalue weighted by molar-refractivity contribution is 6.22. The third kappa shape index (κ3) is 5.55. The number of nitrogens with one attached hydrogen (secondary N) is 1. The van der Waals surface area contributed by atoms with Gasteiger partial charge in [0.05, 0.1) is 35.4 Å². The Morgan fingerprint density at radius 2 is 1.64 bits per heavy atom. The van der Waals surface area contributed by atoms with Crippen LogP contribution in [0.3, 0.4) is 0 Å². The molecule has 5 rings (SSSR count). The number of hydrogen-bond acceptors (Lipinski definition) is 6. The van der Waals surface area contributed by atoms with Crippen molar-refractivity contribution in [2.45, 2.75) is 32.1 Å². The number of imide groups is 1. The van der Waals surface area contributed by atoms with Crippen LogP contribution in [0, 0.1) is 11.8 Å². The standard InChI is InChI=1S/C31H30N2O6/c1-2-38-27-14-7-6-13-26(27)32-28(34)19-39-31(37)22-11-8-12-23(17-22)33-29(35)24-16-15-21(18-25(24)30(33)36)20-9-4-3-5-10-20/h3-14,17,21,24-25H,2,15-16,18-19H2,1H3,(H,32,34)/t21-,24+,25+/m0/s1. The van der Waals surface area contributed by atoms with Gasteiger partial charge in [0, 0.05) is 0 Å². The number of nitrogens with zero attached hydrogens (tertiary/aromatic N) is 1. The summed E-state index contributed by atoms with van der Waals surface area (Å²) in [6.45, 7) is 1.78. The number of carbonyl (C=O) groups is 4. The number of hydrogen-bond donors (Lipinski definition) is 1. The van der Waals surface area contributed by atoms with E-state index in [9.17, 15) is 19.2 Å². The SMILES string of the molecule is CCOc1ccccc1NC(=O)COC(=O)c1cccc(N2C(=O)[C@@H]3CC[C@H](c4ccccc4)C[C@H]3C2=O)c1. The van der Waals surface area contributed by atoms with Crippen LogP contribution in [-0.4, -0.2) is 36.9 Å². The van der Waals surface area contributed by atoms with E-state index in [2.05, 4.69) is 17.4 Å². The second kappa shape index (κ2) is 11.5. The Balaban J connectivity index is 1.23. The van der Waals surface area contributed by atoms with Gasteiger partial charge in [0.15, 0.2) is 6.61 Å². The number of carbonyl (C=O) groups excluding carboxylic acids is 4. The van der Waals surface area contributed by atoms with Crippen LogP contribution in [0.25, 0.3) is 0 Å². The fourth-order valence-corrected chi connectivity index (χ4v) is 5.49. The predicted octanol–water partition coefficient (Wildman–Crippen LogP) is 4.95. The van der Waals surface area contributed by atoms with Gasteiger partial charge < -0.3 is 14.8 Å². The first-order valence-corrected chi connectivity index (χ1v) is 13.2. The summed E-state index contributed by atoms with van der Waals surface area (Å²) < 4.78 is 10.7. The maximum absolute atomic E-state index is 13.4. The van der Waals surface area contributed by atoms with Crippen LogP contribution >= 0.6 is 0 Å². The molecular formula is C31H30N2O6. The number of ether oxygens (including phenoxy) is 2. The van der Waals surface area contributed by atoms with Gasteiger partial charge in [0.25, 0.3) is 5.91 Å². The minimum Gasteiger partial charge on any atom is -0.492 e. The number of esters is 1. The molecular weight excluding hydrogens is 496 g/mol. The zero-order valence-electron chi connectivity index (χ0n) is 21.7. The van der Waals surface area contributed by atoms with E-state index >= 15 is 0 Å². The Kier molecular flexibility index (Phi) is 7.72. The van der Waals surface area contributed by atoms with Gasteiger partial charge in [-0.3, -0.25) is 19.3 Å². The smallest absolute Gasteiger partial charge is 0.338 e. The van der Waals surface area contributed by atoms with Crippen LogP contribution in [0.15, 0.2) is 78.9 Å². The van der Waals surface area contributed by atoms with Crippen LogP contribution in [0.4, 0.5) is 11.4 Å². The summed E-state index contributed by atoms with van der Waals surface area (Å²) in [7, 11) is 0. The van der Waals surface area contributed by atoms with E-state index in [1.807, 2.05) is 25.1 Å². The lowest BCUT2D eigenvalue weighted by Crippen LogP contribution is -2.31. The largest absolute Gasteiger partial charge is 0.492 e. The fourth-order valence-electron chi connectivity index (χ4n) is 5.49. The molecule has 0 aromatic heterocycles. The number of fused-ring (bicyclic) bond motifs is 1. The number of para-hydroxylation sites is 2. The van der Waals surface area contributed by atoms with Crippen molar-refractivity contribution >= 4 is 35.1 Å². The first-order chi connectivity index (χ1) is 19.0. The van der Waals surface area contributed by atoms with Gasteiger partial charge in [0.1, 0.15) is 5.75 Å². The van der Waals surface area contributed by atoms with Gasteiger partial charge in [-0.25, -0.2) is 4.79 Å². The molecule has 3 aromatic carbocycles. The highest BCUT2D eigenvalue weighted by Gasteiger charge is 2.50. The Hall–Kier alpha value is -4.46. The zero-order valence-corrected chi connectivity index (χ0v) is 21.7. The Labute approximate surface area is 226 Å². The summed E-state index contributed by atoms with van der Waals surface area (Å²) in [5.41, 5.74) is 2.14. The molecule has 3 aromatic rings. The molecule has 0 unspecified atom stereocenters. The first-order valence-electron chi connectivity index (χ1n) is 13.2. The molecule has 2 aliphatic rings. The summed E-state index contributed by atoms with van der Waals surface area (Å²) in [5, 5.41) is 2.67. The molecule has 3 amide bonds. The van der Waals surface area contributed by atoms with Crippen LogP contribution in [0.1, 0.15) is 48.0 Å². The van der Waals surface area contributed by atoms with E-state index < -0.39 is 18.5 Å². The van der Waals surface area contributed by atoms with Crippen LogP contribution < -0.4 is 15.0 Å². The quantitative estimate of drug-likeness (QED) is 0.329. The van der Waals surface area contributed by atoms with E-state index in [0.717, 1.165) is 6.42 Å². The van der Waals surface area contributed by atoms with Crippen molar-refractivity contribution in [3.63, 3.8) is 0 Å². The normalized spacial score (nSPS) is 20.3. The van der Waals surface area contributed by atoms with E-state index in [-0.39, 0.29) is 35.1 Å². The van der Waals surface area contributed by atoms with Gasteiger partial charge in [-0.1, -0.05) is 48.5 Å². The molecule has 1 saturated heterocycles. The second-order valence-electron chi connectivity index (χ2n) is 9.75. The lowest BCUT2D eigenvalue weighted by molar-refractivity contribution is -0.122. The van der Waals surface area contributed by atoms with Gasteiger partial charge in [-0.2, -0.15) is 0 Å². The maximum Gasteiger partial charge on any atom is 0.338 e. The van der Waals surface area contributed by atoms with Crippen molar-refractivity contribution in [3.8, 4) is 5.75 Å². The van der Waals surface area contributed by atoms with Crippen molar-refractivity contribution in [2.75, 3.05) is 23.4 Å². The molecule has 1 aliphatic carbocycles. The number of amides is 3. The van der Waals surface area contributed by atoms with Crippen LogP contribution in [-0.2, 0) is 19.1 Å². The third-order valence-corrected chi connectivity index (χ3v) is 7.33. The molecule has 3 atom stereocenters. The Morgan fingerprint density at radius 3 is 2.44 bits per heavy atom. The molecule has 200 valence electrons. The monoisotopic (exact) mass is 526 g/mol. The number of benzene rings is 3. The molecule has 2 fully saturated rings. The highest BCUT2D eigenvalue weighted by atomic mass is 16.5. The first kappa shape index (κ1) is 26.2. The molecule has 0 spiro atoms. The van der Waals surface area contributed by atoms with E-state index in [1.165, 1.54) is 22.6 Å². The molecule has 1 heterocycles. The lowest BCUT2D eigenvalue weighted by atomic mass is 9.73. The van der Waals surface area contributed by atoms with Crippen molar-refractivity contribution in [3.05, 3.63) is 90.0 Å². The number of anilines is 2. The van der Waals surface area contributed by atoms with Crippen molar-refractivity contribution in [2.24, 2.45) is 11.8 Å². The molecule has 0 radical (unpaired) electrons. The lowest BCUT2D eigenvalue weighted by Gasteiger charge is -2.28. The van der Waals surface area contributed by atoms with E-state index in [4.69, 9.17) is 9.47 Å². The molecule has 8 nitrogen and oxygen atoms in total. The third-order valence-electron chi connectivity index (χ3n) is 7.33. The summed E-state index contributed by atoms with van der Waals surface area (Å²) in [6, 6.07) is 23.3. The van der Waals surface area contributed by atoms with Crippen molar-refractivity contribution in [1.29, 1.82) is 0 Å². The predicted molar refractivity (Wildman–Crippen MR) is 145 cm³/mol. The van der Waals surface area contributed by atoms with Gasteiger partial charge >= 0.3 is 5.97 Å². The Morgan fingerprint density at radius 1 is 0.897 bits per heavy atom. The summed E-state index contributed by atoms with van der Waals surface area (Å²) in [5.74, 6) is -1.69. The molecule has 0 bridgehead atoms. The number of rotatable bonds is 8. The molecule has 1 saturated carbocycles. The molecule has 39 heavy (non-hydrogen) atoms. The average molecular weight is 527 g/mol. The van der Waals surface area contributed by atoms with Crippen LogP contribution in [0.5, 0.6) is 5.75 Å². The van der Waals surface area contributed by atoms with Gasteiger partial charge in [-0.05, 0) is 68.0 Å². The van der Waals surface area contributed by atoms with Gasteiger partial charge in [0.2, 0.25) is 11.8 Å². The summed E-state index contributed by atoms with van der Waals surface area (Å²) in [6.07, 6.45) is 2.12. The summed E-state index contributed by atoms with van der Waals surface area (Å²) in [4.78, 5) is 53.0. The van der Waals surface area contributed by atoms with Crippen molar-refractivity contribution in [1.82, 2.24) is 0 Å². The van der Waals surface area contributed by atoms with E-state index in [1.54, 1.807) is 36.4 Å². The van der Waals surface area contributed by atoms with Crippen LogP contribution in [0.2, 0.25) is 0 Å². The molecule has 1 aliphatic heterocycles. The minimum absolute atomic E-state index is 0.146. The maximum atomic E-state index is 13.4. The molecule has 1 N–H and O–H groups in total. The highest BCUT2D eigenvalue weighted by Crippen LogP contribution is 2.45. The van der Waals surface area contributed by atoms with E-state index in [0.29, 0.717) is 36.6 Å². The van der Waals surface area contributed by atoms with Crippen molar-refractivity contribution < 1.29 is 28.7 Å². The topological polar surface area (TPSA) is 102 Å². The second-order valence-corrected chi connectivity index (χ2v) is 9.75. The summed E-state index contributed by atoms with van der Waals surface area (Å²) >= 11 is 0. The molecule has 8 heteroatoms. The zero-order chi connectivity index (χ0) is 27.4. The average Bonchev–Trinajstić information content (AvgIpc) is 3.22. The minimum atomic E-state index is -0.731.